The van der Waals surface area contributed by atoms with Crippen molar-refractivity contribution in [2.75, 3.05) is 47.0 Å². The van der Waals surface area contributed by atoms with Gasteiger partial charge in [-0.25, -0.2) is 0 Å². The van der Waals surface area contributed by atoms with Crippen LogP contribution >= 0.6 is 11.3 Å². The lowest BCUT2D eigenvalue weighted by Gasteiger charge is -2.21. The van der Waals surface area contributed by atoms with Crippen LogP contribution in [0.2, 0.25) is 0 Å². The van der Waals surface area contributed by atoms with Crippen molar-refractivity contribution < 1.29 is 9.15 Å². The van der Waals surface area contributed by atoms with Crippen molar-refractivity contribution in [2.45, 2.75) is 0 Å². The van der Waals surface area contributed by atoms with Crippen LogP contribution in [0.25, 0.3) is 10.3 Å². The van der Waals surface area contributed by atoms with Crippen LogP contribution in [0.1, 0.15) is 0 Å². The van der Waals surface area contributed by atoms with Gasteiger partial charge in [-0.05, 0) is 47.8 Å². The number of thiophene rings is 1. The van der Waals surface area contributed by atoms with Gasteiger partial charge >= 0.3 is 0 Å². The zero-order chi connectivity index (χ0) is 23.5. The Labute approximate surface area is 207 Å². The van der Waals surface area contributed by atoms with E-state index in [0.717, 1.165) is 53.4 Å². The zero-order valence-electron chi connectivity index (χ0n) is 19.5. The van der Waals surface area contributed by atoms with Crippen molar-refractivity contribution in [3.05, 3.63) is 84.2 Å². The molecule has 3 aromatic carbocycles. The normalized spacial score (nSPS) is 14.7. The first-order valence-electron chi connectivity index (χ1n) is 11.6. The quantitative estimate of drug-likeness (QED) is 0.267. The predicted octanol–water partition coefficient (Wildman–Crippen LogP) is 7.38. The number of furan rings is 1. The van der Waals surface area contributed by atoms with Crippen molar-refractivity contribution in [3.8, 4) is 11.5 Å². The van der Waals surface area contributed by atoms with E-state index in [-0.39, 0.29) is 0 Å². The molecule has 0 aliphatic carbocycles. The number of hydrogen-bond donors (Lipinski definition) is 0. The lowest BCUT2D eigenvalue weighted by atomic mass is 10.2. The van der Waals surface area contributed by atoms with Gasteiger partial charge in [0.25, 0.3) is 0 Å². The molecule has 2 aliphatic heterocycles. The fourth-order valence-corrected chi connectivity index (χ4v) is 5.88. The third kappa shape index (κ3) is 3.23. The molecule has 0 amide bonds. The maximum absolute atomic E-state index is 6.36. The molecule has 2 aliphatic rings. The minimum absolute atomic E-state index is 0.739. The molecule has 0 saturated carbocycles. The standard InChI is InChI=1S/C28H24N4O2S/c1-29-17-31(24-12-4-3-11-23(24)29)19-7-5-9-21(15-19)33-22-10-6-8-20(16-22)32-18-30(2)28-26(32)27-25(34-28)13-14-35-27/h3-16H,17-18H2,1-2H3. The lowest BCUT2D eigenvalue weighted by Crippen LogP contribution is -2.24. The molecular formula is C28H24N4O2S. The van der Waals surface area contributed by atoms with Gasteiger partial charge in [0.15, 0.2) is 0 Å². The third-order valence-corrected chi connectivity index (χ3v) is 7.56. The van der Waals surface area contributed by atoms with Gasteiger partial charge in [-0.1, -0.05) is 24.3 Å². The molecule has 0 fully saturated rings. The Morgan fingerprint density at radius 1 is 0.743 bits per heavy atom. The van der Waals surface area contributed by atoms with Crippen molar-refractivity contribution in [1.29, 1.82) is 0 Å². The fraction of sp³-hybridized carbons (Fsp3) is 0.143. The highest BCUT2D eigenvalue weighted by Gasteiger charge is 2.32. The van der Waals surface area contributed by atoms with E-state index in [4.69, 9.17) is 9.15 Å². The van der Waals surface area contributed by atoms with Crippen molar-refractivity contribution in [3.63, 3.8) is 0 Å². The molecule has 174 valence electrons. The first-order valence-corrected chi connectivity index (χ1v) is 12.5. The second kappa shape index (κ2) is 7.71. The number of fused-ring (bicyclic) bond motifs is 4. The maximum Gasteiger partial charge on any atom is 0.222 e. The monoisotopic (exact) mass is 480 g/mol. The number of rotatable bonds is 4. The molecule has 35 heavy (non-hydrogen) atoms. The fourth-order valence-electron chi connectivity index (χ4n) is 5.02. The van der Waals surface area contributed by atoms with Crippen LogP contribution in [-0.2, 0) is 0 Å². The van der Waals surface area contributed by atoms with Gasteiger partial charge < -0.3 is 28.8 Å². The maximum atomic E-state index is 6.36. The number of para-hydroxylation sites is 2. The van der Waals surface area contributed by atoms with Crippen LogP contribution in [0.3, 0.4) is 0 Å². The van der Waals surface area contributed by atoms with Crippen LogP contribution in [0.4, 0.5) is 34.3 Å². The number of hydrogen-bond acceptors (Lipinski definition) is 7. The van der Waals surface area contributed by atoms with E-state index < -0.39 is 0 Å². The van der Waals surface area contributed by atoms with Crippen LogP contribution in [0, 0.1) is 0 Å². The summed E-state index contributed by atoms with van der Waals surface area (Å²) in [5.41, 5.74) is 6.71. The Morgan fingerprint density at radius 3 is 2.20 bits per heavy atom. The largest absolute Gasteiger partial charge is 0.457 e. The molecule has 0 radical (unpaired) electrons. The first-order chi connectivity index (χ1) is 17.2. The topological polar surface area (TPSA) is 35.3 Å². The molecule has 0 N–H and O–H groups in total. The van der Waals surface area contributed by atoms with Gasteiger partial charge in [-0.2, -0.15) is 0 Å². The van der Waals surface area contributed by atoms with Gasteiger partial charge in [0.2, 0.25) is 5.88 Å². The number of benzene rings is 3. The van der Waals surface area contributed by atoms with Gasteiger partial charge in [0, 0.05) is 37.6 Å². The minimum Gasteiger partial charge on any atom is -0.457 e. The molecular weight excluding hydrogens is 456 g/mol. The second-order valence-corrected chi connectivity index (χ2v) is 9.91. The van der Waals surface area contributed by atoms with Crippen molar-refractivity contribution >= 4 is 55.9 Å². The summed E-state index contributed by atoms with van der Waals surface area (Å²) < 4.78 is 13.6. The van der Waals surface area contributed by atoms with E-state index in [1.807, 2.05) is 24.3 Å². The highest BCUT2D eigenvalue weighted by Crippen LogP contribution is 2.49. The van der Waals surface area contributed by atoms with E-state index in [1.165, 1.54) is 16.1 Å². The molecule has 5 aromatic rings. The Morgan fingerprint density at radius 2 is 1.43 bits per heavy atom. The minimum atomic E-state index is 0.739. The highest BCUT2D eigenvalue weighted by atomic mass is 32.1. The molecule has 0 unspecified atom stereocenters. The summed E-state index contributed by atoms with van der Waals surface area (Å²) in [4.78, 5) is 9.00. The molecule has 0 saturated heterocycles. The second-order valence-electron chi connectivity index (χ2n) is 8.99. The number of anilines is 6. The summed E-state index contributed by atoms with van der Waals surface area (Å²) in [6.45, 7) is 1.55. The molecule has 4 heterocycles. The van der Waals surface area contributed by atoms with Crippen LogP contribution in [-0.4, -0.2) is 27.4 Å². The Balaban J connectivity index is 1.18. The molecule has 2 aromatic heterocycles. The van der Waals surface area contributed by atoms with E-state index in [0.29, 0.717) is 0 Å². The summed E-state index contributed by atoms with van der Waals surface area (Å²) in [5, 5.41) is 2.08. The van der Waals surface area contributed by atoms with E-state index in [9.17, 15) is 0 Å². The molecule has 6 nitrogen and oxygen atoms in total. The molecule has 7 heteroatoms. The highest BCUT2D eigenvalue weighted by molar-refractivity contribution is 7.17. The van der Waals surface area contributed by atoms with Crippen molar-refractivity contribution in [1.82, 2.24) is 0 Å². The smallest absolute Gasteiger partial charge is 0.222 e. The van der Waals surface area contributed by atoms with Gasteiger partial charge in [-0.3, -0.25) is 0 Å². The van der Waals surface area contributed by atoms with E-state index >= 15 is 0 Å². The number of nitrogens with zero attached hydrogens (tertiary/aromatic N) is 4. The average Bonchev–Trinajstić information content (AvgIpc) is 3.62. The predicted molar refractivity (Wildman–Crippen MR) is 144 cm³/mol. The average molecular weight is 481 g/mol. The molecule has 0 spiro atoms. The van der Waals surface area contributed by atoms with Gasteiger partial charge in [0.05, 0.1) is 29.4 Å². The Bertz CT molecular complexity index is 1560. The molecule has 0 atom stereocenters. The SMILES string of the molecule is CN1CN(c2cccc(Oc3cccc(N4CN(C)c5oc6ccsc6c54)c3)c2)c2ccccc21. The van der Waals surface area contributed by atoms with Gasteiger partial charge in [0.1, 0.15) is 22.8 Å². The summed E-state index contributed by atoms with van der Waals surface area (Å²) >= 11 is 1.71. The first kappa shape index (κ1) is 20.3. The van der Waals surface area contributed by atoms with Gasteiger partial charge in [-0.15, -0.1) is 11.3 Å². The third-order valence-electron chi connectivity index (χ3n) is 6.66. The summed E-state index contributed by atoms with van der Waals surface area (Å²) in [7, 11) is 4.18. The van der Waals surface area contributed by atoms with Crippen LogP contribution in [0.5, 0.6) is 11.5 Å². The Kier molecular flexibility index (Phi) is 4.47. The van der Waals surface area contributed by atoms with E-state index in [2.05, 4.69) is 93.7 Å². The lowest BCUT2D eigenvalue weighted by molar-refractivity contribution is 0.483. The molecule has 0 bridgehead atoms. The Hall–Kier alpha value is -4.10. The van der Waals surface area contributed by atoms with E-state index in [1.54, 1.807) is 11.3 Å². The van der Waals surface area contributed by atoms with Crippen LogP contribution < -0.4 is 24.3 Å². The summed E-state index contributed by atoms with van der Waals surface area (Å²) in [6.07, 6.45) is 0. The summed E-state index contributed by atoms with van der Waals surface area (Å²) in [6, 6.07) is 27.1. The summed E-state index contributed by atoms with van der Waals surface area (Å²) in [5.74, 6) is 2.54. The van der Waals surface area contributed by atoms with Crippen molar-refractivity contribution in [2.24, 2.45) is 0 Å². The number of ether oxygens (including phenoxy) is 1. The van der Waals surface area contributed by atoms with Crippen LogP contribution in [0.15, 0.2) is 88.7 Å². The molecule has 7 rings (SSSR count). The zero-order valence-corrected chi connectivity index (χ0v) is 20.3.